The first-order valence-electron chi connectivity index (χ1n) is 9.95. The SMILES string of the molecule is CC(=CB1OC(C)(C)C(C)(C)O1)c1ccc2c(c1)C(C)(C)CCC2(C)C. The molecule has 2 nitrogen and oxygen atoms in total. The van der Waals surface area contributed by atoms with E-state index < -0.39 is 0 Å². The lowest BCUT2D eigenvalue weighted by Gasteiger charge is -2.42. The van der Waals surface area contributed by atoms with Crippen LogP contribution in [0.2, 0.25) is 0 Å². The lowest BCUT2D eigenvalue weighted by Crippen LogP contribution is -2.41. The van der Waals surface area contributed by atoms with Gasteiger partial charge in [0, 0.05) is 0 Å². The van der Waals surface area contributed by atoms with Crippen LogP contribution in [-0.2, 0) is 20.1 Å². The molecule has 1 aromatic rings. The van der Waals surface area contributed by atoms with Crippen LogP contribution in [0.25, 0.3) is 5.57 Å². The first-order valence-corrected chi connectivity index (χ1v) is 9.95. The number of rotatable bonds is 2. The molecule has 3 rings (SSSR count). The highest BCUT2D eigenvalue weighted by atomic mass is 16.7. The molecule has 3 heteroatoms. The molecule has 1 aliphatic carbocycles. The summed E-state index contributed by atoms with van der Waals surface area (Å²) in [5.74, 6) is 2.12. The van der Waals surface area contributed by atoms with Gasteiger partial charge in [-0.3, -0.25) is 0 Å². The normalized spacial score (nSPS) is 25.9. The van der Waals surface area contributed by atoms with Gasteiger partial charge in [-0.25, -0.2) is 0 Å². The van der Waals surface area contributed by atoms with E-state index in [2.05, 4.69) is 86.5 Å². The number of fused-ring (bicyclic) bond motifs is 1. The van der Waals surface area contributed by atoms with Crippen molar-refractivity contribution in [2.45, 2.75) is 97.2 Å². The van der Waals surface area contributed by atoms with Gasteiger partial charge in [-0.15, -0.1) is 0 Å². The first-order chi connectivity index (χ1) is 11.8. The van der Waals surface area contributed by atoms with Gasteiger partial charge in [0.15, 0.2) is 0 Å². The molecule has 26 heavy (non-hydrogen) atoms. The van der Waals surface area contributed by atoms with Gasteiger partial charge in [0.05, 0.1) is 11.2 Å². The predicted molar refractivity (Wildman–Crippen MR) is 111 cm³/mol. The third kappa shape index (κ3) is 3.29. The lowest BCUT2D eigenvalue weighted by molar-refractivity contribution is 0.00578. The Morgan fingerprint density at radius 3 is 1.88 bits per heavy atom. The molecule has 1 heterocycles. The average Bonchev–Trinajstić information content (AvgIpc) is 2.70. The highest BCUT2D eigenvalue weighted by molar-refractivity contribution is 6.53. The van der Waals surface area contributed by atoms with Gasteiger partial charge in [0.2, 0.25) is 0 Å². The lowest BCUT2D eigenvalue weighted by atomic mass is 9.63. The molecule has 142 valence electrons. The Morgan fingerprint density at radius 2 is 1.35 bits per heavy atom. The fraction of sp³-hybridized carbons (Fsp3) is 0.652. The Morgan fingerprint density at radius 1 is 0.846 bits per heavy atom. The van der Waals surface area contributed by atoms with E-state index in [0.29, 0.717) is 0 Å². The maximum atomic E-state index is 6.14. The minimum atomic E-state index is -0.295. The minimum absolute atomic E-state index is 0.228. The van der Waals surface area contributed by atoms with Crippen molar-refractivity contribution in [1.82, 2.24) is 0 Å². The Bertz CT molecular complexity index is 725. The fourth-order valence-electron chi connectivity index (χ4n) is 4.09. The zero-order chi connectivity index (χ0) is 19.5. The summed E-state index contributed by atoms with van der Waals surface area (Å²) in [5, 5.41) is 0. The number of hydrogen-bond acceptors (Lipinski definition) is 2. The van der Waals surface area contributed by atoms with E-state index in [1.165, 1.54) is 35.1 Å². The molecular formula is C23H35BO2. The van der Waals surface area contributed by atoms with Crippen LogP contribution in [0, 0.1) is 0 Å². The molecule has 1 fully saturated rings. The van der Waals surface area contributed by atoms with Crippen LogP contribution in [0.1, 0.15) is 91.8 Å². The molecular weight excluding hydrogens is 319 g/mol. The molecule has 0 bridgehead atoms. The Balaban J connectivity index is 1.94. The summed E-state index contributed by atoms with van der Waals surface area (Å²) in [6, 6.07) is 7.00. The van der Waals surface area contributed by atoms with Crippen molar-refractivity contribution in [3.8, 4) is 0 Å². The van der Waals surface area contributed by atoms with E-state index in [4.69, 9.17) is 9.31 Å². The van der Waals surface area contributed by atoms with E-state index in [1.807, 2.05) is 0 Å². The van der Waals surface area contributed by atoms with Crippen LogP contribution in [0.4, 0.5) is 0 Å². The van der Waals surface area contributed by atoms with E-state index in [-0.39, 0.29) is 29.2 Å². The summed E-state index contributed by atoms with van der Waals surface area (Å²) < 4.78 is 12.3. The molecule has 0 amide bonds. The second-order valence-corrected chi connectivity index (χ2v) is 10.5. The Kier molecular flexibility index (Phi) is 4.52. The summed E-state index contributed by atoms with van der Waals surface area (Å²) >= 11 is 0. The summed E-state index contributed by atoms with van der Waals surface area (Å²) in [5.41, 5.74) is 5.37. The highest BCUT2D eigenvalue weighted by Gasteiger charge is 2.50. The van der Waals surface area contributed by atoms with Gasteiger partial charge in [-0.1, -0.05) is 57.4 Å². The van der Waals surface area contributed by atoms with Crippen LogP contribution in [-0.4, -0.2) is 18.3 Å². The molecule has 0 atom stereocenters. The molecule has 2 aliphatic rings. The van der Waals surface area contributed by atoms with Gasteiger partial charge in [0.25, 0.3) is 0 Å². The third-order valence-electron chi connectivity index (χ3n) is 6.97. The van der Waals surface area contributed by atoms with Crippen molar-refractivity contribution in [1.29, 1.82) is 0 Å². The van der Waals surface area contributed by atoms with E-state index in [9.17, 15) is 0 Å². The fourth-order valence-corrected chi connectivity index (χ4v) is 4.09. The zero-order valence-electron chi connectivity index (χ0n) is 18.1. The minimum Gasteiger partial charge on any atom is -0.400 e. The number of allylic oxidation sites excluding steroid dienone is 1. The summed E-state index contributed by atoms with van der Waals surface area (Å²) in [6.07, 6.45) is 2.48. The highest BCUT2D eigenvalue weighted by Crippen LogP contribution is 2.46. The van der Waals surface area contributed by atoms with E-state index >= 15 is 0 Å². The number of benzene rings is 1. The van der Waals surface area contributed by atoms with Crippen LogP contribution in [0.5, 0.6) is 0 Å². The van der Waals surface area contributed by atoms with Gasteiger partial charge >= 0.3 is 7.12 Å². The van der Waals surface area contributed by atoms with Crippen LogP contribution < -0.4 is 0 Å². The van der Waals surface area contributed by atoms with Crippen molar-refractivity contribution in [3.63, 3.8) is 0 Å². The van der Waals surface area contributed by atoms with Crippen molar-refractivity contribution < 1.29 is 9.31 Å². The van der Waals surface area contributed by atoms with E-state index in [1.54, 1.807) is 0 Å². The van der Waals surface area contributed by atoms with Crippen LogP contribution >= 0.6 is 0 Å². The maximum absolute atomic E-state index is 6.14. The molecule has 0 spiro atoms. The average molecular weight is 354 g/mol. The topological polar surface area (TPSA) is 18.5 Å². The molecule has 1 aromatic carbocycles. The summed E-state index contributed by atoms with van der Waals surface area (Å²) in [7, 11) is -0.291. The second-order valence-electron chi connectivity index (χ2n) is 10.5. The Hall–Kier alpha value is -1.06. The molecule has 1 saturated heterocycles. The second kappa shape index (κ2) is 5.97. The third-order valence-corrected chi connectivity index (χ3v) is 6.97. The van der Waals surface area contributed by atoms with Crippen molar-refractivity contribution >= 4 is 12.7 Å². The quantitative estimate of drug-likeness (QED) is 0.600. The largest absolute Gasteiger partial charge is 0.487 e. The smallest absolute Gasteiger partial charge is 0.400 e. The van der Waals surface area contributed by atoms with E-state index in [0.717, 1.165) is 0 Å². The summed E-state index contributed by atoms with van der Waals surface area (Å²) in [6.45, 7) is 20.0. The predicted octanol–water partition coefficient (Wildman–Crippen LogP) is 6.07. The first kappa shape index (κ1) is 19.7. The zero-order valence-corrected chi connectivity index (χ0v) is 18.1. The summed E-state index contributed by atoms with van der Waals surface area (Å²) in [4.78, 5) is 0. The molecule has 1 aliphatic heterocycles. The van der Waals surface area contributed by atoms with Gasteiger partial charge in [0.1, 0.15) is 0 Å². The van der Waals surface area contributed by atoms with Crippen molar-refractivity contribution in [2.75, 3.05) is 0 Å². The number of hydrogen-bond donors (Lipinski definition) is 0. The van der Waals surface area contributed by atoms with Crippen molar-refractivity contribution in [2.24, 2.45) is 0 Å². The molecule has 0 unspecified atom stereocenters. The maximum Gasteiger partial charge on any atom is 0.487 e. The van der Waals surface area contributed by atoms with Crippen molar-refractivity contribution in [3.05, 3.63) is 40.9 Å². The Labute approximate surface area is 160 Å². The molecule has 0 saturated carbocycles. The van der Waals surface area contributed by atoms with Gasteiger partial charge in [-0.2, -0.15) is 0 Å². The molecule has 0 N–H and O–H groups in total. The monoisotopic (exact) mass is 354 g/mol. The molecule has 0 radical (unpaired) electrons. The van der Waals surface area contributed by atoms with Crippen LogP contribution in [0.3, 0.4) is 0 Å². The van der Waals surface area contributed by atoms with Crippen LogP contribution in [0.15, 0.2) is 24.2 Å². The molecule has 0 aromatic heterocycles. The van der Waals surface area contributed by atoms with Gasteiger partial charge in [-0.05, 0) is 75.0 Å². The van der Waals surface area contributed by atoms with Gasteiger partial charge < -0.3 is 9.31 Å². The standard InChI is InChI=1S/C23H35BO2/c1-16(15-24-25-22(6,7)23(8,9)26-24)17-10-11-18-19(14-17)21(4,5)13-12-20(18,2)3/h10-11,14-15H,12-13H2,1-9H3.